The number of benzene rings is 1. The monoisotopic (exact) mass is 216 g/mol. The number of hydrogen-bond donors (Lipinski definition) is 2. The van der Waals surface area contributed by atoms with E-state index in [1.165, 1.54) is 0 Å². The van der Waals surface area contributed by atoms with Crippen molar-refractivity contribution in [2.75, 3.05) is 13.1 Å². The van der Waals surface area contributed by atoms with E-state index in [9.17, 15) is 0 Å². The molecule has 0 amide bonds. The van der Waals surface area contributed by atoms with Gasteiger partial charge in [0, 0.05) is 25.8 Å². The minimum absolute atomic E-state index is 0.652. The van der Waals surface area contributed by atoms with Crippen LogP contribution >= 0.6 is 0 Å². The van der Waals surface area contributed by atoms with Crippen LogP contribution in [0.2, 0.25) is 0 Å². The lowest BCUT2D eigenvalue weighted by molar-refractivity contribution is 0.672. The Labute approximate surface area is 95.1 Å². The Morgan fingerprint density at radius 3 is 2.75 bits per heavy atom. The Balaban J connectivity index is 2.02. The first kappa shape index (κ1) is 10.9. The van der Waals surface area contributed by atoms with Gasteiger partial charge in [0.2, 0.25) is 0 Å². The third-order valence-corrected chi connectivity index (χ3v) is 2.29. The molecule has 0 spiro atoms. The second-order valence-corrected chi connectivity index (χ2v) is 3.55. The van der Waals surface area contributed by atoms with Gasteiger partial charge >= 0.3 is 0 Å². The van der Waals surface area contributed by atoms with Gasteiger partial charge in [-0.25, -0.2) is 4.68 Å². The molecule has 2 aromatic rings. The van der Waals surface area contributed by atoms with Crippen LogP contribution in [0.1, 0.15) is 5.69 Å². The van der Waals surface area contributed by atoms with E-state index < -0.39 is 0 Å². The summed E-state index contributed by atoms with van der Waals surface area (Å²) in [5.41, 5.74) is 7.50. The van der Waals surface area contributed by atoms with Gasteiger partial charge in [-0.15, -0.1) is 0 Å². The average molecular weight is 216 g/mol. The van der Waals surface area contributed by atoms with Gasteiger partial charge in [-0.05, 0) is 18.2 Å². The second-order valence-electron chi connectivity index (χ2n) is 3.55. The van der Waals surface area contributed by atoms with Crippen LogP contribution in [-0.2, 0) is 6.54 Å². The van der Waals surface area contributed by atoms with Crippen molar-refractivity contribution in [3.05, 3.63) is 48.3 Å². The highest BCUT2D eigenvalue weighted by molar-refractivity contribution is 5.30. The fourth-order valence-corrected chi connectivity index (χ4v) is 1.50. The van der Waals surface area contributed by atoms with E-state index in [2.05, 4.69) is 10.4 Å². The van der Waals surface area contributed by atoms with Gasteiger partial charge in [0.25, 0.3) is 0 Å². The van der Waals surface area contributed by atoms with E-state index in [0.717, 1.165) is 24.5 Å². The first-order valence-corrected chi connectivity index (χ1v) is 5.41. The van der Waals surface area contributed by atoms with Gasteiger partial charge < -0.3 is 11.1 Å². The first-order chi connectivity index (χ1) is 7.90. The first-order valence-electron chi connectivity index (χ1n) is 5.41. The Morgan fingerprint density at radius 1 is 1.19 bits per heavy atom. The molecular weight excluding hydrogens is 200 g/mol. The van der Waals surface area contributed by atoms with Gasteiger partial charge in [-0.1, -0.05) is 18.2 Å². The van der Waals surface area contributed by atoms with E-state index >= 15 is 0 Å². The zero-order valence-corrected chi connectivity index (χ0v) is 9.13. The van der Waals surface area contributed by atoms with Crippen molar-refractivity contribution in [2.45, 2.75) is 6.54 Å². The summed E-state index contributed by atoms with van der Waals surface area (Å²) in [6.45, 7) is 2.23. The summed E-state index contributed by atoms with van der Waals surface area (Å²) in [6, 6.07) is 12.1. The van der Waals surface area contributed by atoms with E-state index in [0.29, 0.717) is 6.54 Å². The fourth-order valence-electron chi connectivity index (χ4n) is 1.50. The Kier molecular flexibility index (Phi) is 3.69. The van der Waals surface area contributed by atoms with E-state index in [1.54, 1.807) is 0 Å². The molecule has 3 N–H and O–H groups in total. The molecule has 0 aliphatic heterocycles. The molecule has 1 aromatic carbocycles. The second kappa shape index (κ2) is 5.44. The highest BCUT2D eigenvalue weighted by Gasteiger charge is 1.99. The van der Waals surface area contributed by atoms with Crippen molar-refractivity contribution in [1.82, 2.24) is 15.1 Å². The van der Waals surface area contributed by atoms with Crippen molar-refractivity contribution < 1.29 is 0 Å². The lowest BCUT2D eigenvalue weighted by Gasteiger charge is -2.01. The molecule has 0 radical (unpaired) electrons. The van der Waals surface area contributed by atoms with Crippen LogP contribution in [0.5, 0.6) is 0 Å². The number of aromatic nitrogens is 2. The molecule has 0 aliphatic rings. The van der Waals surface area contributed by atoms with Crippen molar-refractivity contribution in [2.24, 2.45) is 5.73 Å². The van der Waals surface area contributed by atoms with E-state index in [1.807, 2.05) is 47.3 Å². The van der Waals surface area contributed by atoms with Crippen molar-refractivity contribution in [1.29, 1.82) is 0 Å². The number of rotatable bonds is 5. The summed E-state index contributed by atoms with van der Waals surface area (Å²) in [7, 11) is 0. The molecule has 84 valence electrons. The quantitative estimate of drug-likeness (QED) is 0.731. The van der Waals surface area contributed by atoms with Gasteiger partial charge in [0.15, 0.2) is 0 Å². The highest BCUT2D eigenvalue weighted by atomic mass is 15.3. The number of nitrogens with zero attached hydrogens (tertiary/aromatic N) is 2. The largest absolute Gasteiger partial charge is 0.329 e. The topological polar surface area (TPSA) is 55.9 Å². The molecular formula is C12H16N4. The molecule has 0 atom stereocenters. The van der Waals surface area contributed by atoms with Gasteiger partial charge in [-0.3, -0.25) is 0 Å². The molecule has 1 aromatic heterocycles. The van der Waals surface area contributed by atoms with Crippen LogP contribution < -0.4 is 11.1 Å². The Bertz CT molecular complexity index is 422. The predicted octanol–water partition coefficient (Wildman–Crippen LogP) is 0.921. The summed E-state index contributed by atoms with van der Waals surface area (Å²) in [5, 5.41) is 7.68. The molecule has 4 heteroatoms. The molecule has 0 bridgehead atoms. The molecule has 1 heterocycles. The van der Waals surface area contributed by atoms with Crippen LogP contribution in [0.25, 0.3) is 5.69 Å². The van der Waals surface area contributed by atoms with Crippen LogP contribution in [0.3, 0.4) is 0 Å². The van der Waals surface area contributed by atoms with Gasteiger partial charge in [-0.2, -0.15) is 5.10 Å². The summed E-state index contributed by atoms with van der Waals surface area (Å²) >= 11 is 0. The van der Waals surface area contributed by atoms with E-state index in [4.69, 9.17) is 5.73 Å². The molecule has 0 unspecified atom stereocenters. The molecule has 0 fully saturated rings. The number of nitrogens with two attached hydrogens (primary N) is 1. The maximum Gasteiger partial charge on any atom is 0.0766 e. The fraction of sp³-hybridized carbons (Fsp3) is 0.250. The zero-order valence-electron chi connectivity index (χ0n) is 9.13. The minimum Gasteiger partial charge on any atom is -0.329 e. The smallest absolute Gasteiger partial charge is 0.0766 e. The maximum atomic E-state index is 5.40. The molecule has 4 nitrogen and oxygen atoms in total. The predicted molar refractivity (Wildman–Crippen MR) is 64.3 cm³/mol. The van der Waals surface area contributed by atoms with Crippen LogP contribution in [0.4, 0.5) is 0 Å². The normalized spacial score (nSPS) is 10.6. The highest BCUT2D eigenvalue weighted by Crippen LogP contribution is 2.06. The SMILES string of the molecule is NCCNCc1ccn(-c2ccccc2)n1. The third kappa shape index (κ3) is 2.68. The molecule has 0 aliphatic carbocycles. The number of nitrogens with one attached hydrogen (secondary N) is 1. The molecule has 0 saturated heterocycles. The van der Waals surface area contributed by atoms with Crippen molar-refractivity contribution >= 4 is 0 Å². The number of para-hydroxylation sites is 1. The average Bonchev–Trinajstić information content (AvgIpc) is 2.79. The summed E-state index contributed by atoms with van der Waals surface area (Å²) in [5.74, 6) is 0. The van der Waals surface area contributed by atoms with E-state index in [-0.39, 0.29) is 0 Å². The van der Waals surface area contributed by atoms with Crippen LogP contribution in [0, 0.1) is 0 Å². The summed E-state index contributed by atoms with van der Waals surface area (Å²) in [4.78, 5) is 0. The minimum atomic E-state index is 0.652. The molecule has 2 rings (SSSR count). The Morgan fingerprint density at radius 2 is 2.00 bits per heavy atom. The standard InChI is InChI=1S/C12H16N4/c13-7-8-14-10-11-6-9-16(15-11)12-4-2-1-3-5-12/h1-6,9,14H,7-8,10,13H2. The Hall–Kier alpha value is -1.65. The number of hydrogen-bond acceptors (Lipinski definition) is 3. The zero-order chi connectivity index (χ0) is 11.2. The van der Waals surface area contributed by atoms with Crippen LogP contribution in [0.15, 0.2) is 42.6 Å². The van der Waals surface area contributed by atoms with Crippen molar-refractivity contribution in [3.8, 4) is 5.69 Å². The van der Waals surface area contributed by atoms with Gasteiger partial charge in [0.1, 0.15) is 0 Å². The maximum absolute atomic E-state index is 5.40. The lowest BCUT2D eigenvalue weighted by atomic mass is 10.3. The summed E-state index contributed by atoms with van der Waals surface area (Å²) < 4.78 is 1.87. The summed E-state index contributed by atoms with van der Waals surface area (Å²) in [6.07, 6.45) is 1.97. The third-order valence-electron chi connectivity index (χ3n) is 2.29. The van der Waals surface area contributed by atoms with Crippen molar-refractivity contribution in [3.63, 3.8) is 0 Å². The molecule has 16 heavy (non-hydrogen) atoms. The lowest BCUT2D eigenvalue weighted by Crippen LogP contribution is -2.22. The molecule has 0 saturated carbocycles. The van der Waals surface area contributed by atoms with Gasteiger partial charge in [0.05, 0.1) is 11.4 Å². The van der Waals surface area contributed by atoms with Crippen LogP contribution in [-0.4, -0.2) is 22.9 Å².